The molecule has 0 aliphatic rings. The molecule has 2 N–H and O–H groups in total. The molecule has 0 aliphatic heterocycles. The van der Waals surface area contributed by atoms with Gasteiger partial charge in [0, 0.05) is 5.92 Å². The summed E-state index contributed by atoms with van der Waals surface area (Å²) in [6.07, 6.45) is 0. The van der Waals surface area contributed by atoms with Gasteiger partial charge in [0.2, 0.25) is 0 Å². The summed E-state index contributed by atoms with van der Waals surface area (Å²) in [7, 11) is -1.87. The Kier molecular flexibility index (Phi) is 5.34. The topological polar surface area (TPSA) is 49.7 Å². The van der Waals surface area contributed by atoms with Crippen LogP contribution in [-0.2, 0) is 10.3 Å². The molecule has 0 fully saturated rings. The molecule has 126 valence electrons. The van der Waals surface area contributed by atoms with Gasteiger partial charge in [-0.2, -0.15) is 0 Å². The zero-order valence-corrected chi connectivity index (χ0v) is 14.1. The van der Waals surface area contributed by atoms with Gasteiger partial charge in [0.15, 0.2) is 0 Å². The molecule has 25 heavy (non-hydrogen) atoms. The molecule has 3 nitrogen and oxygen atoms in total. The summed E-state index contributed by atoms with van der Waals surface area (Å²) in [5, 5.41) is 19.3. The SMILES string of the molecule is CC(OB(O)O)(c1ccccc1)C(c1ccccc1)c1ccccc1. The third-order valence-electron chi connectivity index (χ3n) is 4.51. The van der Waals surface area contributed by atoms with E-state index < -0.39 is 12.9 Å². The van der Waals surface area contributed by atoms with Crippen molar-refractivity contribution in [3.05, 3.63) is 108 Å². The Bertz CT molecular complexity index is 739. The molecule has 0 aliphatic carbocycles. The monoisotopic (exact) mass is 332 g/mol. The molecule has 0 radical (unpaired) electrons. The van der Waals surface area contributed by atoms with Crippen molar-refractivity contribution in [2.45, 2.75) is 18.4 Å². The minimum absolute atomic E-state index is 0.209. The molecule has 0 saturated heterocycles. The molecule has 0 bridgehead atoms. The van der Waals surface area contributed by atoms with Crippen LogP contribution in [0, 0.1) is 0 Å². The van der Waals surface area contributed by atoms with E-state index in [1.807, 2.05) is 97.9 Å². The van der Waals surface area contributed by atoms with E-state index in [4.69, 9.17) is 4.65 Å². The third-order valence-corrected chi connectivity index (χ3v) is 4.51. The second-order valence-electron chi connectivity index (χ2n) is 6.17. The molecule has 3 aromatic rings. The largest absolute Gasteiger partial charge is 0.634 e. The molecule has 4 heteroatoms. The normalized spacial score (nSPS) is 13.4. The number of hydrogen-bond donors (Lipinski definition) is 2. The van der Waals surface area contributed by atoms with Gasteiger partial charge in [-0.05, 0) is 23.6 Å². The lowest BCUT2D eigenvalue weighted by molar-refractivity contribution is 0.0170. The minimum atomic E-state index is -1.87. The molecule has 0 amide bonds. The first-order valence-corrected chi connectivity index (χ1v) is 8.30. The molecule has 0 aromatic heterocycles. The quantitative estimate of drug-likeness (QED) is 0.677. The van der Waals surface area contributed by atoms with Crippen molar-refractivity contribution >= 4 is 7.32 Å². The average molecular weight is 332 g/mol. The Hall–Kier alpha value is -2.40. The average Bonchev–Trinajstić information content (AvgIpc) is 2.64. The summed E-state index contributed by atoms with van der Waals surface area (Å²) in [6, 6.07) is 29.6. The molecule has 0 heterocycles. The van der Waals surface area contributed by atoms with Crippen LogP contribution in [0.3, 0.4) is 0 Å². The van der Waals surface area contributed by atoms with Crippen LogP contribution in [0.15, 0.2) is 91.0 Å². The van der Waals surface area contributed by atoms with Gasteiger partial charge in [0.25, 0.3) is 0 Å². The fourth-order valence-corrected chi connectivity index (χ4v) is 3.41. The Morgan fingerprint density at radius 3 is 1.52 bits per heavy atom. The van der Waals surface area contributed by atoms with Crippen LogP contribution in [0.1, 0.15) is 29.5 Å². The summed E-state index contributed by atoms with van der Waals surface area (Å²) in [4.78, 5) is 0. The van der Waals surface area contributed by atoms with Crippen molar-refractivity contribution in [1.29, 1.82) is 0 Å². The molecule has 3 rings (SSSR count). The van der Waals surface area contributed by atoms with Crippen molar-refractivity contribution in [3.63, 3.8) is 0 Å². The molecular weight excluding hydrogens is 311 g/mol. The van der Waals surface area contributed by atoms with Crippen LogP contribution in [0.5, 0.6) is 0 Å². The highest BCUT2D eigenvalue weighted by molar-refractivity contribution is 6.32. The standard InChI is InChI=1S/C21H21BO3/c1-21(25-22(23)24,19-15-9-4-10-16-19)20(17-11-5-2-6-12-17)18-13-7-3-8-14-18/h2-16,20,23-24H,1H3. The van der Waals surface area contributed by atoms with Gasteiger partial charge >= 0.3 is 7.32 Å². The lowest BCUT2D eigenvalue weighted by Crippen LogP contribution is -2.40. The maximum absolute atomic E-state index is 9.63. The van der Waals surface area contributed by atoms with Gasteiger partial charge in [0.05, 0.1) is 5.60 Å². The fraction of sp³-hybridized carbons (Fsp3) is 0.143. The summed E-state index contributed by atoms with van der Waals surface area (Å²) in [6.45, 7) is 1.90. The van der Waals surface area contributed by atoms with E-state index in [-0.39, 0.29) is 5.92 Å². The van der Waals surface area contributed by atoms with E-state index in [0.29, 0.717) is 0 Å². The molecule has 1 unspecified atom stereocenters. The first-order valence-electron chi connectivity index (χ1n) is 8.30. The van der Waals surface area contributed by atoms with Crippen LogP contribution in [0.4, 0.5) is 0 Å². The highest BCUT2D eigenvalue weighted by Gasteiger charge is 2.41. The second-order valence-corrected chi connectivity index (χ2v) is 6.17. The Morgan fingerprint density at radius 1 is 0.720 bits per heavy atom. The predicted octanol–water partition coefficient (Wildman–Crippen LogP) is 3.72. The minimum Gasteiger partial charge on any atom is -0.402 e. The van der Waals surface area contributed by atoms with E-state index in [1.165, 1.54) is 0 Å². The van der Waals surface area contributed by atoms with Crippen LogP contribution in [-0.4, -0.2) is 17.4 Å². The predicted molar refractivity (Wildman–Crippen MR) is 99.8 cm³/mol. The number of rotatable bonds is 6. The highest BCUT2D eigenvalue weighted by Crippen LogP contribution is 2.44. The molecular formula is C21H21BO3. The smallest absolute Gasteiger partial charge is 0.402 e. The van der Waals surface area contributed by atoms with Crippen LogP contribution < -0.4 is 0 Å². The van der Waals surface area contributed by atoms with Crippen molar-refractivity contribution in [1.82, 2.24) is 0 Å². The zero-order chi connectivity index (χ0) is 17.7. The lowest BCUT2D eigenvalue weighted by atomic mass is 9.74. The third kappa shape index (κ3) is 3.82. The second kappa shape index (κ2) is 7.66. The zero-order valence-electron chi connectivity index (χ0n) is 14.1. The van der Waals surface area contributed by atoms with Crippen molar-refractivity contribution in [3.8, 4) is 0 Å². The van der Waals surface area contributed by atoms with Gasteiger partial charge in [-0.25, -0.2) is 0 Å². The molecule has 0 saturated carbocycles. The van der Waals surface area contributed by atoms with Gasteiger partial charge in [0.1, 0.15) is 0 Å². The van der Waals surface area contributed by atoms with E-state index in [0.717, 1.165) is 16.7 Å². The number of hydrogen-bond acceptors (Lipinski definition) is 3. The Balaban J connectivity index is 2.20. The summed E-state index contributed by atoms with van der Waals surface area (Å²) in [5.41, 5.74) is 2.00. The number of benzene rings is 3. The van der Waals surface area contributed by atoms with Crippen molar-refractivity contribution in [2.24, 2.45) is 0 Å². The lowest BCUT2D eigenvalue weighted by Gasteiger charge is -2.39. The molecule has 3 aromatic carbocycles. The summed E-state index contributed by atoms with van der Waals surface area (Å²) in [5.74, 6) is -0.209. The first-order chi connectivity index (χ1) is 12.1. The maximum Gasteiger partial charge on any atom is 0.634 e. The first kappa shape index (κ1) is 17.4. The maximum atomic E-state index is 9.63. The van der Waals surface area contributed by atoms with E-state index in [2.05, 4.69) is 0 Å². The van der Waals surface area contributed by atoms with Crippen LogP contribution >= 0.6 is 0 Å². The van der Waals surface area contributed by atoms with Crippen molar-refractivity contribution in [2.75, 3.05) is 0 Å². The van der Waals surface area contributed by atoms with E-state index >= 15 is 0 Å². The van der Waals surface area contributed by atoms with Gasteiger partial charge in [-0.15, -0.1) is 0 Å². The van der Waals surface area contributed by atoms with Crippen LogP contribution in [0.25, 0.3) is 0 Å². The molecule has 1 atom stereocenters. The Morgan fingerprint density at radius 2 is 1.12 bits per heavy atom. The van der Waals surface area contributed by atoms with Gasteiger partial charge in [-0.3, -0.25) is 0 Å². The molecule has 0 spiro atoms. The summed E-state index contributed by atoms with van der Waals surface area (Å²) < 4.78 is 5.71. The van der Waals surface area contributed by atoms with E-state index in [9.17, 15) is 10.0 Å². The highest BCUT2D eigenvalue weighted by atomic mass is 16.6. The fourth-order valence-electron chi connectivity index (χ4n) is 3.41. The van der Waals surface area contributed by atoms with Gasteiger partial charge < -0.3 is 14.7 Å². The van der Waals surface area contributed by atoms with Crippen molar-refractivity contribution < 1.29 is 14.7 Å². The Labute approximate surface area is 148 Å². The van der Waals surface area contributed by atoms with Crippen LogP contribution in [0.2, 0.25) is 0 Å². The summed E-state index contributed by atoms with van der Waals surface area (Å²) >= 11 is 0. The van der Waals surface area contributed by atoms with Gasteiger partial charge in [-0.1, -0.05) is 91.0 Å². The van der Waals surface area contributed by atoms with E-state index in [1.54, 1.807) is 0 Å².